The monoisotopic (exact) mass is 431 g/mol. The zero-order valence-electron chi connectivity index (χ0n) is 17.1. The first kappa shape index (κ1) is 20.7. The van der Waals surface area contributed by atoms with Crippen LogP contribution < -0.4 is 4.74 Å². The lowest BCUT2D eigenvalue weighted by Crippen LogP contribution is -2.02. The average Bonchev–Trinajstić information content (AvgIpc) is 3.22. The zero-order chi connectivity index (χ0) is 21.8. The summed E-state index contributed by atoms with van der Waals surface area (Å²) in [5.74, 6) is 1.15. The first-order valence-electron chi connectivity index (χ1n) is 9.67. The number of rotatable bonds is 7. The van der Waals surface area contributed by atoms with Crippen molar-refractivity contribution in [1.29, 1.82) is 0 Å². The predicted octanol–water partition coefficient (Wildman–Crippen LogP) is 5.24. The van der Waals surface area contributed by atoms with Crippen molar-refractivity contribution in [2.45, 2.75) is 17.8 Å². The third-order valence-electron chi connectivity index (χ3n) is 4.84. The van der Waals surface area contributed by atoms with Gasteiger partial charge in [0.1, 0.15) is 5.75 Å². The Hall–Kier alpha value is -3.58. The molecule has 0 bridgehead atoms. The fraction of sp³-hybridized carbons (Fsp3) is 0.125. The van der Waals surface area contributed by atoms with Crippen LogP contribution in [0.5, 0.6) is 5.75 Å². The third-order valence-corrected chi connectivity index (χ3v) is 5.84. The molecule has 4 aromatic rings. The maximum absolute atomic E-state index is 11.1. The molecule has 6 nitrogen and oxygen atoms in total. The molecule has 156 valence electrons. The van der Waals surface area contributed by atoms with Crippen molar-refractivity contribution in [3.8, 4) is 22.8 Å². The molecule has 0 spiro atoms. The molecule has 0 fully saturated rings. The fourth-order valence-corrected chi connectivity index (χ4v) is 4.08. The van der Waals surface area contributed by atoms with Gasteiger partial charge in [-0.05, 0) is 36.8 Å². The van der Waals surface area contributed by atoms with E-state index in [0.717, 1.165) is 33.5 Å². The number of hydrogen-bond acceptors (Lipinski definition) is 5. The van der Waals surface area contributed by atoms with E-state index in [9.17, 15) is 4.79 Å². The van der Waals surface area contributed by atoms with E-state index in [1.165, 1.54) is 17.3 Å². The second kappa shape index (κ2) is 9.06. The lowest BCUT2D eigenvalue weighted by Gasteiger charge is -2.14. The predicted molar refractivity (Wildman–Crippen MR) is 121 cm³/mol. The third kappa shape index (κ3) is 4.46. The number of aromatic carboxylic acids is 1. The Morgan fingerprint density at radius 3 is 2.39 bits per heavy atom. The van der Waals surface area contributed by atoms with Gasteiger partial charge in [0, 0.05) is 11.3 Å². The van der Waals surface area contributed by atoms with Gasteiger partial charge in [-0.15, -0.1) is 10.2 Å². The highest BCUT2D eigenvalue weighted by Crippen LogP contribution is 2.33. The summed E-state index contributed by atoms with van der Waals surface area (Å²) >= 11 is 1.53. The molecule has 31 heavy (non-hydrogen) atoms. The molecule has 0 radical (unpaired) electrons. The van der Waals surface area contributed by atoms with Crippen molar-refractivity contribution in [2.75, 3.05) is 7.11 Å². The molecule has 0 saturated heterocycles. The van der Waals surface area contributed by atoms with E-state index >= 15 is 0 Å². The quantitative estimate of drug-likeness (QED) is 0.403. The lowest BCUT2D eigenvalue weighted by atomic mass is 10.1. The molecular weight excluding hydrogens is 410 g/mol. The molecule has 0 aliphatic heterocycles. The lowest BCUT2D eigenvalue weighted by molar-refractivity contribution is 0.0697. The van der Waals surface area contributed by atoms with Crippen LogP contribution in [0.1, 0.15) is 21.5 Å². The molecule has 0 unspecified atom stereocenters. The highest BCUT2D eigenvalue weighted by Gasteiger charge is 2.19. The second-order valence-electron chi connectivity index (χ2n) is 6.97. The average molecular weight is 432 g/mol. The minimum Gasteiger partial charge on any atom is -0.495 e. The van der Waals surface area contributed by atoms with Gasteiger partial charge in [-0.3, -0.25) is 4.57 Å². The van der Waals surface area contributed by atoms with Crippen LogP contribution in [0.3, 0.4) is 0 Å². The van der Waals surface area contributed by atoms with Gasteiger partial charge in [0.15, 0.2) is 11.0 Å². The van der Waals surface area contributed by atoms with Gasteiger partial charge in [0.05, 0.1) is 18.4 Å². The topological polar surface area (TPSA) is 77.2 Å². The van der Waals surface area contributed by atoms with E-state index < -0.39 is 5.97 Å². The van der Waals surface area contributed by atoms with Crippen molar-refractivity contribution in [3.63, 3.8) is 0 Å². The summed E-state index contributed by atoms with van der Waals surface area (Å²) < 4.78 is 7.59. The SMILES string of the molecule is COc1ccccc1-n1c(SCc2ccc(C(=O)O)cc2)nnc1-c1ccc(C)cc1. The Balaban J connectivity index is 1.72. The zero-order valence-corrected chi connectivity index (χ0v) is 18.0. The van der Waals surface area contributed by atoms with E-state index in [4.69, 9.17) is 9.84 Å². The Morgan fingerprint density at radius 1 is 1.00 bits per heavy atom. The number of hydrogen-bond donors (Lipinski definition) is 1. The molecule has 1 aromatic heterocycles. The van der Waals surface area contributed by atoms with Gasteiger partial charge < -0.3 is 9.84 Å². The summed E-state index contributed by atoms with van der Waals surface area (Å²) in [7, 11) is 1.64. The molecule has 1 heterocycles. The van der Waals surface area contributed by atoms with Gasteiger partial charge in [0.2, 0.25) is 0 Å². The van der Waals surface area contributed by atoms with Crippen LogP contribution in [0.2, 0.25) is 0 Å². The van der Waals surface area contributed by atoms with Crippen LogP contribution in [-0.2, 0) is 5.75 Å². The summed E-state index contributed by atoms with van der Waals surface area (Å²) in [6, 6.07) is 22.8. The largest absolute Gasteiger partial charge is 0.495 e. The van der Waals surface area contributed by atoms with Crippen molar-refractivity contribution in [2.24, 2.45) is 0 Å². The maximum atomic E-state index is 11.1. The Labute approximate surface area is 184 Å². The van der Waals surface area contributed by atoms with Crippen LogP contribution in [-0.4, -0.2) is 33.0 Å². The van der Waals surface area contributed by atoms with E-state index in [1.54, 1.807) is 19.2 Å². The van der Waals surface area contributed by atoms with Crippen LogP contribution in [0.4, 0.5) is 0 Å². The molecule has 0 amide bonds. The number of carboxylic acids is 1. The summed E-state index contributed by atoms with van der Waals surface area (Å²) in [6.45, 7) is 2.05. The number of aromatic nitrogens is 3. The molecule has 0 saturated carbocycles. The Morgan fingerprint density at radius 2 is 1.71 bits per heavy atom. The molecule has 7 heteroatoms. The van der Waals surface area contributed by atoms with Gasteiger partial charge in [-0.25, -0.2) is 4.79 Å². The highest BCUT2D eigenvalue weighted by atomic mass is 32.2. The van der Waals surface area contributed by atoms with Crippen LogP contribution in [0.15, 0.2) is 78.0 Å². The van der Waals surface area contributed by atoms with Crippen molar-refractivity contribution in [3.05, 3.63) is 89.5 Å². The molecule has 0 aliphatic rings. The number of carboxylic acid groups (broad SMARTS) is 1. The number of carbonyl (C=O) groups is 1. The second-order valence-corrected chi connectivity index (χ2v) is 7.91. The van der Waals surface area contributed by atoms with Gasteiger partial charge >= 0.3 is 5.97 Å². The number of ether oxygens (including phenoxy) is 1. The fourth-order valence-electron chi connectivity index (χ4n) is 3.18. The Kier molecular flexibility index (Phi) is 6.04. The van der Waals surface area contributed by atoms with E-state index in [2.05, 4.69) is 10.2 Å². The van der Waals surface area contributed by atoms with Crippen molar-refractivity contribution < 1.29 is 14.6 Å². The number of para-hydroxylation sites is 2. The number of methoxy groups -OCH3 is 1. The van der Waals surface area contributed by atoms with Gasteiger partial charge in [-0.1, -0.05) is 65.9 Å². The minimum absolute atomic E-state index is 0.271. The molecular formula is C24H21N3O3S. The summed E-state index contributed by atoms with van der Waals surface area (Å²) in [6.07, 6.45) is 0. The molecule has 0 aliphatic carbocycles. The van der Waals surface area contributed by atoms with E-state index in [-0.39, 0.29) is 5.56 Å². The molecule has 1 N–H and O–H groups in total. The van der Waals surface area contributed by atoms with Crippen molar-refractivity contribution in [1.82, 2.24) is 14.8 Å². The van der Waals surface area contributed by atoms with Crippen LogP contribution in [0.25, 0.3) is 17.1 Å². The Bertz CT molecular complexity index is 1200. The standard InChI is InChI=1S/C24H21N3O3S/c1-16-7-11-18(12-8-16)22-25-26-24(27(22)20-5-3-4-6-21(20)30-2)31-15-17-9-13-19(14-10-17)23(28)29/h3-14H,15H2,1-2H3,(H,28,29). The van der Waals surface area contributed by atoms with E-state index in [0.29, 0.717) is 5.75 Å². The van der Waals surface area contributed by atoms with Gasteiger partial charge in [-0.2, -0.15) is 0 Å². The number of aryl methyl sites for hydroxylation is 1. The molecule has 4 rings (SSSR count). The first-order chi connectivity index (χ1) is 15.1. The number of benzene rings is 3. The highest BCUT2D eigenvalue weighted by molar-refractivity contribution is 7.98. The van der Waals surface area contributed by atoms with Crippen LogP contribution >= 0.6 is 11.8 Å². The van der Waals surface area contributed by atoms with Crippen LogP contribution in [0, 0.1) is 6.92 Å². The first-order valence-corrected chi connectivity index (χ1v) is 10.7. The van der Waals surface area contributed by atoms with Crippen molar-refractivity contribution >= 4 is 17.7 Å². The maximum Gasteiger partial charge on any atom is 0.335 e. The number of thioether (sulfide) groups is 1. The summed E-state index contributed by atoms with van der Waals surface area (Å²) in [4.78, 5) is 11.1. The molecule has 0 atom stereocenters. The summed E-state index contributed by atoms with van der Waals surface area (Å²) in [5, 5.41) is 18.7. The number of nitrogens with zero attached hydrogens (tertiary/aromatic N) is 3. The molecule has 3 aromatic carbocycles. The minimum atomic E-state index is -0.933. The van der Waals surface area contributed by atoms with Gasteiger partial charge in [0.25, 0.3) is 0 Å². The smallest absolute Gasteiger partial charge is 0.335 e. The van der Waals surface area contributed by atoms with E-state index in [1.807, 2.05) is 72.2 Å². The normalized spacial score (nSPS) is 10.8. The summed E-state index contributed by atoms with van der Waals surface area (Å²) in [5.41, 5.74) is 4.26.